The molecule has 0 aliphatic heterocycles. The third-order valence-electron chi connectivity index (χ3n) is 2.08. The van der Waals surface area contributed by atoms with Crippen molar-refractivity contribution in [3.63, 3.8) is 0 Å². The SMILES string of the molecule is O=C(O)c1cn(CCn2ncccc2=O)nn1. The molecular weight excluding hydrogens is 226 g/mol. The highest BCUT2D eigenvalue weighted by molar-refractivity contribution is 5.84. The maximum atomic E-state index is 11.3. The van der Waals surface area contributed by atoms with E-state index in [1.807, 2.05) is 0 Å². The summed E-state index contributed by atoms with van der Waals surface area (Å²) in [7, 11) is 0. The zero-order valence-corrected chi connectivity index (χ0v) is 8.72. The molecule has 2 heterocycles. The summed E-state index contributed by atoms with van der Waals surface area (Å²) in [5.74, 6) is -1.13. The van der Waals surface area contributed by atoms with Crippen molar-refractivity contribution in [2.75, 3.05) is 0 Å². The standard InChI is InChI=1S/C9H9N5O3/c15-8-2-1-3-10-14(8)5-4-13-6-7(9(16)17)11-12-13/h1-3,6H,4-5H2,(H,16,17). The van der Waals surface area contributed by atoms with Gasteiger partial charge in [0, 0.05) is 12.3 Å². The van der Waals surface area contributed by atoms with E-state index >= 15 is 0 Å². The first-order chi connectivity index (χ1) is 8.16. The maximum Gasteiger partial charge on any atom is 0.358 e. The van der Waals surface area contributed by atoms with E-state index in [0.717, 1.165) is 0 Å². The Labute approximate surface area is 95.1 Å². The Balaban J connectivity index is 2.05. The number of hydrogen-bond acceptors (Lipinski definition) is 5. The van der Waals surface area contributed by atoms with Gasteiger partial charge in [0.15, 0.2) is 5.69 Å². The smallest absolute Gasteiger partial charge is 0.358 e. The van der Waals surface area contributed by atoms with Gasteiger partial charge in [0.1, 0.15) is 0 Å². The van der Waals surface area contributed by atoms with Crippen molar-refractivity contribution in [3.05, 3.63) is 40.6 Å². The highest BCUT2D eigenvalue weighted by atomic mass is 16.4. The second-order valence-electron chi connectivity index (χ2n) is 3.26. The van der Waals surface area contributed by atoms with Crippen LogP contribution in [0, 0.1) is 0 Å². The number of nitrogens with zero attached hydrogens (tertiary/aromatic N) is 5. The summed E-state index contributed by atoms with van der Waals surface area (Å²) in [5, 5.41) is 19.6. The molecule has 0 aliphatic rings. The summed E-state index contributed by atoms with van der Waals surface area (Å²) >= 11 is 0. The van der Waals surface area contributed by atoms with Gasteiger partial charge in [-0.3, -0.25) is 4.79 Å². The van der Waals surface area contributed by atoms with Crippen molar-refractivity contribution < 1.29 is 9.90 Å². The molecule has 0 unspecified atom stereocenters. The zero-order valence-electron chi connectivity index (χ0n) is 8.72. The van der Waals surface area contributed by atoms with Crippen molar-refractivity contribution in [2.24, 2.45) is 0 Å². The van der Waals surface area contributed by atoms with Gasteiger partial charge in [-0.25, -0.2) is 14.2 Å². The lowest BCUT2D eigenvalue weighted by atomic mass is 10.5. The van der Waals surface area contributed by atoms with Gasteiger partial charge in [0.25, 0.3) is 5.56 Å². The normalized spacial score (nSPS) is 10.4. The summed E-state index contributed by atoms with van der Waals surface area (Å²) in [4.78, 5) is 21.9. The Kier molecular flexibility index (Phi) is 2.95. The van der Waals surface area contributed by atoms with Crippen molar-refractivity contribution in [1.29, 1.82) is 0 Å². The number of carboxylic acid groups (broad SMARTS) is 1. The number of aromatic nitrogens is 5. The first-order valence-electron chi connectivity index (χ1n) is 4.82. The van der Waals surface area contributed by atoms with Crippen LogP contribution in [0.1, 0.15) is 10.5 Å². The summed E-state index contributed by atoms with van der Waals surface area (Å²) in [6.07, 6.45) is 2.81. The molecule has 8 heteroatoms. The van der Waals surface area contributed by atoms with Gasteiger partial charge in [0.2, 0.25) is 0 Å². The Morgan fingerprint density at radius 2 is 2.24 bits per heavy atom. The van der Waals surface area contributed by atoms with Gasteiger partial charge < -0.3 is 5.11 Å². The van der Waals surface area contributed by atoms with Crippen LogP contribution in [0.4, 0.5) is 0 Å². The van der Waals surface area contributed by atoms with E-state index in [4.69, 9.17) is 5.11 Å². The molecule has 17 heavy (non-hydrogen) atoms. The largest absolute Gasteiger partial charge is 0.476 e. The fourth-order valence-electron chi connectivity index (χ4n) is 1.26. The monoisotopic (exact) mass is 235 g/mol. The van der Waals surface area contributed by atoms with Gasteiger partial charge in [-0.15, -0.1) is 5.10 Å². The highest BCUT2D eigenvalue weighted by Crippen LogP contribution is 1.93. The number of carbonyl (C=O) groups is 1. The van der Waals surface area contributed by atoms with Crippen LogP contribution in [-0.4, -0.2) is 35.9 Å². The summed E-state index contributed by atoms with van der Waals surface area (Å²) < 4.78 is 2.62. The van der Waals surface area contributed by atoms with E-state index in [0.29, 0.717) is 13.1 Å². The van der Waals surface area contributed by atoms with Gasteiger partial charge in [-0.05, 0) is 6.07 Å². The lowest BCUT2D eigenvalue weighted by Crippen LogP contribution is -2.23. The molecule has 0 saturated carbocycles. The van der Waals surface area contributed by atoms with Crippen LogP contribution in [0.15, 0.2) is 29.3 Å². The van der Waals surface area contributed by atoms with E-state index in [1.165, 1.54) is 27.8 Å². The van der Waals surface area contributed by atoms with E-state index in [9.17, 15) is 9.59 Å². The summed E-state index contributed by atoms with van der Waals surface area (Å²) in [6.45, 7) is 0.638. The lowest BCUT2D eigenvalue weighted by Gasteiger charge is -2.02. The fourth-order valence-corrected chi connectivity index (χ4v) is 1.26. The molecule has 2 rings (SSSR count). The van der Waals surface area contributed by atoms with E-state index in [-0.39, 0.29) is 11.3 Å². The minimum absolute atomic E-state index is 0.127. The fraction of sp³-hybridized carbons (Fsp3) is 0.222. The number of aromatic carboxylic acids is 1. The van der Waals surface area contributed by atoms with Crippen molar-refractivity contribution >= 4 is 5.97 Å². The molecule has 1 N–H and O–H groups in total. The average Bonchev–Trinajstić information content (AvgIpc) is 2.77. The molecule has 0 fully saturated rings. The zero-order chi connectivity index (χ0) is 12.3. The second-order valence-corrected chi connectivity index (χ2v) is 3.26. The molecule has 2 aromatic rings. The van der Waals surface area contributed by atoms with Crippen LogP contribution in [0.3, 0.4) is 0 Å². The Hall–Kier alpha value is -2.51. The van der Waals surface area contributed by atoms with Crippen LogP contribution in [0.5, 0.6) is 0 Å². The Bertz CT molecular complexity index is 588. The van der Waals surface area contributed by atoms with E-state index < -0.39 is 5.97 Å². The number of hydrogen-bond donors (Lipinski definition) is 1. The molecule has 8 nitrogen and oxygen atoms in total. The molecule has 88 valence electrons. The molecule has 2 aromatic heterocycles. The van der Waals surface area contributed by atoms with Gasteiger partial charge in [-0.2, -0.15) is 5.10 Å². The van der Waals surface area contributed by atoms with Gasteiger partial charge in [0.05, 0.1) is 19.3 Å². The first-order valence-corrected chi connectivity index (χ1v) is 4.82. The maximum absolute atomic E-state index is 11.3. The Morgan fingerprint density at radius 1 is 1.41 bits per heavy atom. The molecule has 0 aliphatic carbocycles. The van der Waals surface area contributed by atoms with Crippen molar-refractivity contribution in [3.8, 4) is 0 Å². The van der Waals surface area contributed by atoms with Crippen molar-refractivity contribution in [2.45, 2.75) is 13.1 Å². The molecule has 0 saturated heterocycles. The van der Waals surface area contributed by atoms with Crippen molar-refractivity contribution in [1.82, 2.24) is 24.8 Å². The highest BCUT2D eigenvalue weighted by Gasteiger charge is 2.07. The third-order valence-corrected chi connectivity index (χ3v) is 2.08. The molecule has 0 spiro atoms. The average molecular weight is 235 g/mol. The predicted molar refractivity (Wildman–Crippen MR) is 55.5 cm³/mol. The van der Waals surface area contributed by atoms with E-state index in [2.05, 4.69) is 15.4 Å². The van der Waals surface area contributed by atoms with E-state index in [1.54, 1.807) is 6.07 Å². The predicted octanol–water partition coefficient (Wildman–Crippen LogP) is -0.767. The molecule has 0 amide bonds. The van der Waals surface area contributed by atoms with Crippen LogP contribution in [0.2, 0.25) is 0 Å². The molecule has 0 aromatic carbocycles. The summed E-state index contributed by atoms with van der Waals surface area (Å²) in [5.41, 5.74) is -0.343. The van der Waals surface area contributed by atoms with Crippen LogP contribution >= 0.6 is 0 Å². The number of carboxylic acids is 1. The van der Waals surface area contributed by atoms with Crippen LogP contribution in [-0.2, 0) is 13.1 Å². The first kappa shape index (κ1) is 11.0. The Morgan fingerprint density at radius 3 is 2.88 bits per heavy atom. The minimum Gasteiger partial charge on any atom is -0.476 e. The van der Waals surface area contributed by atoms with Crippen LogP contribution < -0.4 is 5.56 Å². The van der Waals surface area contributed by atoms with Crippen LogP contribution in [0.25, 0.3) is 0 Å². The molecule has 0 bridgehead atoms. The van der Waals surface area contributed by atoms with Gasteiger partial charge >= 0.3 is 5.97 Å². The quantitative estimate of drug-likeness (QED) is 0.746. The number of rotatable bonds is 4. The van der Waals surface area contributed by atoms with Gasteiger partial charge in [-0.1, -0.05) is 5.21 Å². The number of aryl methyl sites for hydroxylation is 2. The topological polar surface area (TPSA) is 103 Å². The molecule has 0 atom stereocenters. The molecular formula is C9H9N5O3. The second kappa shape index (κ2) is 4.56. The third kappa shape index (κ3) is 2.54. The summed E-state index contributed by atoms with van der Waals surface area (Å²) in [6, 6.07) is 2.95. The molecule has 0 radical (unpaired) electrons. The lowest BCUT2D eigenvalue weighted by molar-refractivity contribution is 0.0690. The minimum atomic E-state index is -1.13.